The zero-order valence-electron chi connectivity index (χ0n) is 68.2. The van der Waals surface area contributed by atoms with E-state index in [1.54, 1.807) is 34.6 Å². The number of carbonyl (C=O) groups excluding carboxylic acids is 1. The second-order valence-corrected chi connectivity index (χ2v) is 37.9. The van der Waals surface area contributed by atoms with Gasteiger partial charge in [-0.05, 0) is 153 Å². The summed E-state index contributed by atoms with van der Waals surface area (Å²) in [5, 5.41) is 65.1. The molecule has 104 heavy (non-hydrogen) atoms. The number of halogens is 1. The van der Waals surface area contributed by atoms with Gasteiger partial charge in [0.25, 0.3) is 0 Å². The van der Waals surface area contributed by atoms with Gasteiger partial charge >= 0.3 is 29.0 Å². The van der Waals surface area contributed by atoms with Crippen molar-refractivity contribution < 1.29 is 138 Å². The molecule has 0 bridgehead atoms. The Kier molecular flexibility index (Phi) is 45.1. The third-order valence-corrected chi connectivity index (χ3v) is 22.4. The molecule has 9 saturated heterocycles. The van der Waals surface area contributed by atoms with Crippen LogP contribution in [0.3, 0.4) is 0 Å². The van der Waals surface area contributed by atoms with Gasteiger partial charge in [0.2, 0.25) is 0 Å². The van der Waals surface area contributed by atoms with Crippen molar-refractivity contribution in [2.24, 2.45) is 11.8 Å². The molecule has 0 aromatic heterocycles. The van der Waals surface area contributed by atoms with Crippen LogP contribution in [0.4, 0.5) is 0 Å². The summed E-state index contributed by atoms with van der Waals surface area (Å²) in [6.07, 6.45) is -0.580. The van der Waals surface area contributed by atoms with Crippen LogP contribution in [0.1, 0.15) is 190 Å². The minimum absolute atomic E-state index is 0. The first kappa shape index (κ1) is 103. The molecule has 0 radical (unpaired) electrons. The summed E-state index contributed by atoms with van der Waals surface area (Å²) in [5.74, 6) is -3.31. The van der Waals surface area contributed by atoms with Crippen LogP contribution < -0.4 is 17.0 Å². The Morgan fingerprint density at radius 2 is 1.12 bits per heavy atom. The van der Waals surface area contributed by atoms with Crippen LogP contribution in [-0.4, -0.2) is 271 Å². The van der Waals surface area contributed by atoms with Crippen molar-refractivity contribution in [3.8, 4) is 0 Å². The van der Waals surface area contributed by atoms with Crippen LogP contribution in [-0.2, 0) is 91.6 Å². The molecular weight excluding hydrogens is 1460 g/mol. The van der Waals surface area contributed by atoms with E-state index in [4.69, 9.17) is 101 Å². The van der Waals surface area contributed by atoms with Gasteiger partial charge in [-0.25, -0.2) is 0 Å². The number of hydrogen-bond acceptors (Lipinski definition) is 25. The zero-order chi connectivity index (χ0) is 77.1. The number of hydrogen-bond donors (Lipinski definition) is 7. The third kappa shape index (κ3) is 35.2. The molecule has 7 N–H and O–H groups in total. The van der Waals surface area contributed by atoms with Crippen molar-refractivity contribution >= 4 is 45.9 Å². The smallest absolute Gasteiger partial charge is 1.00 e. The summed E-state index contributed by atoms with van der Waals surface area (Å²) in [4.78, 5) is 10.9. The minimum atomic E-state index is -1.68. The standard InChI is InChI=1S/C16H24O4.C16H34O3Si.C10H20O4.C9H16O2.C8H12O4.C7H12O4.C6H12O4.C2H7P.CH3.BrH.Mg/c1-4-13(17)15-14(19-16(2,3)20-15)11-18-10-12-8-6-5-7-9-12;1-10-13-14(19-16(6,7)18-13)12(2)11-17-20(8,9)15(3,4)5;1-9(2,12)5-7-8(6-11)14-10(3,4)13-7;1-5-7-8(6-2)11-9(3,4)10-7;1-8(2)11-5-3-7(9)10-4-6(5)12-8;1-7(2)10-4-3-9-6(8)5(4)11-7;1-3-2-10-6(9)5(8)4(3)7;1-3-2;;;/h5-9,13-15,17H,4,10-11H2,1-3H3;12-14H,10-11H2,1-9H3;7-8,11-12H,5-6H2,1-4H3;5,7-8H,1,6H2,2-4H3;5-6H,3-4H2,1-2H3;4-6,8H,3H2,1-2H3;3-9H,2H2,1H3;3H,1-2H3;1H3;1H;/q;;;;;;;;-1;;+2/p-1/t13-,14?,15+;12-,13?,14+;2*7-,8?;5-,6?;4?,5-,6?;3-,4+,5+,6?;;;;/m0011100..../s1. The predicted octanol–water partition coefficient (Wildman–Crippen LogP) is 6.83. The van der Waals surface area contributed by atoms with Gasteiger partial charge in [-0.15, -0.1) is 15.2 Å². The van der Waals surface area contributed by atoms with E-state index < -0.39 is 79.5 Å². The molecule has 9 aliphatic rings. The van der Waals surface area contributed by atoms with Gasteiger partial charge in [-0.1, -0.05) is 91.8 Å². The van der Waals surface area contributed by atoms with Gasteiger partial charge in [0.05, 0.1) is 81.7 Å². The maximum Gasteiger partial charge on any atom is 2.00 e. The van der Waals surface area contributed by atoms with Gasteiger partial charge in [-0.3, -0.25) is 4.79 Å². The predicted molar refractivity (Wildman–Crippen MR) is 399 cm³/mol. The summed E-state index contributed by atoms with van der Waals surface area (Å²) in [6, 6.07) is 10.00. The first-order valence-electron chi connectivity index (χ1n) is 36.2. The summed E-state index contributed by atoms with van der Waals surface area (Å²) < 4.78 is 94.2. The van der Waals surface area contributed by atoms with E-state index in [9.17, 15) is 20.1 Å². The molecule has 29 heteroatoms. The maximum absolute atomic E-state index is 10.9. The molecule has 1 aromatic rings. The molecule has 0 spiro atoms. The molecule has 25 nitrogen and oxygen atoms in total. The quantitative estimate of drug-likeness (QED) is 0.0293. The molecule has 10 rings (SSSR count). The second-order valence-electron chi connectivity index (χ2n) is 32.0. The number of cyclic esters (lactones) is 1. The number of ether oxygens (including phenoxy) is 16. The van der Waals surface area contributed by atoms with Crippen LogP contribution in [0.2, 0.25) is 18.1 Å². The Hall–Kier alpha value is -0.597. The van der Waals surface area contributed by atoms with E-state index in [1.807, 2.05) is 113 Å². The second kappa shape index (κ2) is 45.3. The largest absolute Gasteiger partial charge is 2.00 e. The number of fused-ring (bicyclic) bond motifs is 2. The average Bonchev–Trinajstić information content (AvgIpc) is 1.66. The molecule has 0 saturated carbocycles. The zero-order valence-corrected chi connectivity index (χ0v) is 73.2. The van der Waals surface area contributed by atoms with Crippen molar-refractivity contribution in [1.82, 2.24) is 0 Å². The molecule has 19 atom stereocenters. The van der Waals surface area contributed by atoms with Gasteiger partial charge in [0, 0.05) is 24.9 Å². The Bertz CT molecular complexity index is 2520. The van der Waals surface area contributed by atoms with Crippen molar-refractivity contribution in [2.45, 2.75) is 354 Å². The first-order valence-corrected chi connectivity index (χ1v) is 41.1. The number of esters is 1. The van der Waals surface area contributed by atoms with Gasteiger partial charge in [0.15, 0.2) is 55.6 Å². The molecule has 9 fully saturated rings. The first-order chi connectivity index (χ1) is 46.4. The van der Waals surface area contributed by atoms with Crippen molar-refractivity contribution in [1.29, 1.82) is 0 Å². The molecule has 1 aromatic carbocycles. The van der Waals surface area contributed by atoms with Crippen LogP contribution in [0, 0.1) is 19.3 Å². The molecule has 9 aliphatic heterocycles. The Morgan fingerprint density at radius 3 is 1.62 bits per heavy atom. The number of aliphatic hydroxyl groups excluding tert-OH is 6. The fraction of sp³-hybridized carbons (Fsp3) is 0.867. The normalized spacial score (nSPS) is 33.2. The number of rotatable bonds is 16. The van der Waals surface area contributed by atoms with E-state index in [0.29, 0.717) is 58.2 Å². The summed E-state index contributed by atoms with van der Waals surface area (Å²) in [6.45, 7) is 58.2. The fourth-order valence-electron chi connectivity index (χ4n) is 11.9. The molecule has 0 amide bonds. The Labute approximate surface area is 654 Å². The molecule has 0 aliphatic carbocycles. The summed E-state index contributed by atoms with van der Waals surface area (Å²) in [7, 11) is -0.600. The summed E-state index contributed by atoms with van der Waals surface area (Å²) in [5.41, 5.74) is 0.320. The van der Waals surface area contributed by atoms with E-state index in [1.165, 1.54) is 0 Å². The van der Waals surface area contributed by atoms with E-state index in [0.717, 1.165) is 33.6 Å². The van der Waals surface area contributed by atoms with E-state index in [-0.39, 0.29) is 144 Å². The van der Waals surface area contributed by atoms with Gasteiger partial charge in [-0.2, -0.15) is 0 Å². The van der Waals surface area contributed by atoms with Gasteiger partial charge < -0.3 is 140 Å². The SMILES string of the molecule is C=C[C@H]1OC(C)(C)OC1CC.CC(C)(O)C[C@H]1OC(C)(C)OC1CO.CC1(C)OC2COC(=O)C[C@H]2O1.CC1(C)OC2COC(O)[C@H]2O1.CCC1OC(C)(C)O[C@@H]1[C@@H](C)CO[Si](C)(C)C(C)(C)C.CC[C@H](O)[C@H]1OC(C)(C)OC1COCc1ccccc1.CPC.C[C@H]1COC(O)[C@H](O)[C@@H]1O.[Br-].[CH3-].[Mg+2]. The van der Waals surface area contributed by atoms with Crippen LogP contribution >= 0.6 is 8.58 Å². The minimum Gasteiger partial charge on any atom is -1.00 e. The number of aliphatic hydroxyl groups is 7. The molecular formula is C75H140BrMgO25PSi. The molecule has 608 valence electrons. The average molecular weight is 1610 g/mol. The van der Waals surface area contributed by atoms with Gasteiger partial charge in [0.1, 0.15) is 61.5 Å². The molecule has 9 heterocycles. The topological polar surface area (TPSA) is 316 Å². The van der Waals surface area contributed by atoms with Crippen LogP contribution in [0.15, 0.2) is 43.0 Å². The Morgan fingerprint density at radius 1 is 0.644 bits per heavy atom. The van der Waals surface area contributed by atoms with Crippen LogP contribution in [0.25, 0.3) is 0 Å². The Balaban J connectivity index is 0.00000119. The third-order valence-electron chi connectivity index (χ3n) is 17.9. The summed E-state index contributed by atoms with van der Waals surface area (Å²) >= 11 is 0. The van der Waals surface area contributed by atoms with E-state index in [2.05, 4.69) is 74.5 Å². The number of benzene rings is 1. The maximum atomic E-state index is 10.9. The molecule has 8 unspecified atom stereocenters. The van der Waals surface area contributed by atoms with Crippen molar-refractivity contribution in [2.75, 3.05) is 53.0 Å². The fourth-order valence-corrected chi connectivity index (χ4v) is 13.0. The monoisotopic (exact) mass is 1600 g/mol. The number of carbonyl (C=O) groups is 1. The van der Waals surface area contributed by atoms with Crippen LogP contribution in [0.5, 0.6) is 0 Å². The van der Waals surface area contributed by atoms with Crippen molar-refractivity contribution in [3.05, 3.63) is 56.0 Å². The van der Waals surface area contributed by atoms with Crippen molar-refractivity contribution in [3.63, 3.8) is 0 Å². The van der Waals surface area contributed by atoms with E-state index >= 15 is 0 Å².